The van der Waals surface area contributed by atoms with Crippen LogP contribution in [-0.4, -0.2) is 22.8 Å². The van der Waals surface area contributed by atoms with Crippen LogP contribution in [0.4, 0.5) is 13.2 Å². The van der Waals surface area contributed by atoms with E-state index in [0.717, 1.165) is 36.9 Å². The van der Waals surface area contributed by atoms with Crippen LogP contribution in [0.15, 0.2) is 0 Å². The Morgan fingerprint density at radius 2 is 2.00 bits per heavy atom. The summed E-state index contributed by atoms with van der Waals surface area (Å²) in [4.78, 5) is 7.09. The Bertz CT molecular complexity index is 484. The molecule has 2 rings (SSSR count). The molecule has 1 aromatic heterocycles. The SMILES string of the molecule is FC(F)(F)COCc1nc(=S)c2c([nH]1)CCCC2. The van der Waals surface area contributed by atoms with Crippen LogP contribution < -0.4 is 0 Å². The van der Waals surface area contributed by atoms with Gasteiger partial charge < -0.3 is 9.72 Å². The molecule has 0 amide bonds. The van der Waals surface area contributed by atoms with Crippen LogP contribution in [0, 0.1) is 4.64 Å². The molecule has 0 saturated heterocycles. The van der Waals surface area contributed by atoms with Crippen molar-refractivity contribution in [2.45, 2.75) is 38.5 Å². The molecule has 1 aliphatic rings. The summed E-state index contributed by atoms with van der Waals surface area (Å²) >= 11 is 5.14. The number of nitrogens with zero attached hydrogens (tertiary/aromatic N) is 1. The summed E-state index contributed by atoms with van der Waals surface area (Å²) in [5.74, 6) is 0.366. The highest BCUT2D eigenvalue weighted by molar-refractivity contribution is 7.71. The fourth-order valence-corrected chi connectivity index (χ4v) is 2.34. The van der Waals surface area contributed by atoms with Gasteiger partial charge in [0, 0.05) is 11.3 Å². The fourth-order valence-electron chi connectivity index (χ4n) is 2.00. The van der Waals surface area contributed by atoms with Gasteiger partial charge in [-0.2, -0.15) is 13.2 Å². The average Bonchev–Trinajstić information content (AvgIpc) is 2.27. The van der Waals surface area contributed by atoms with Gasteiger partial charge in [0.15, 0.2) is 0 Å². The van der Waals surface area contributed by atoms with Crippen molar-refractivity contribution in [3.63, 3.8) is 0 Å². The summed E-state index contributed by atoms with van der Waals surface area (Å²) in [5.41, 5.74) is 2.02. The number of hydrogen-bond donors (Lipinski definition) is 1. The lowest BCUT2D eigenvalue weighted by atomic mass is 9.97. The van der Waals surface area contributed by atoms with E-state index in [1.54, 1.807) is 0 Å². The Kier molecular flexibility index (Phi) is 4.01. The van der Waals surface area contributed by atoms with Crippen molar-refractivity contribution >= 4 is 12.2 Å². The summed E-state index contributed by atoms with van der Waals surface area (Å²) in [6.07, 6.45) is -0.415. The molecule has 18 heavy (non-hydrogen) atoms. The highest BCUT2D eigenvalue weighted by Crippen LogP contribution is 2.20. The van der Waals surface area contributed by atoms with Gasteiger partial charge in [0.25, 0.3) is 0 Å². The van der Waals surface area contributed by atoms with Gasteiger partial charge in [-0.1, -0.05) is 12.2 Å². The smallest absolute Gasteiger partial charge is 0.364 e. The van der Waals surface area contributed by atoms with Crippen molar-refractivity contribution in [1.29, 1.82) is 0 Å². The summed E-state index contributed by atoms with van der Waals surface area (Å²) in [5, 5.41) is 0. The van der Waals surface area contributed by atoms with E-state index in [4.69, 9.17) is 12.2 Å². The van der Waals surface area contributed by atoms with Crippen LogP contribution in [0.5, 0.6) is 0 Å². The molecule has 0 aromatic carbocycles. The molecule has 3 nitrogen and oxygen atoms in total. The highest BCUT2D eigenvalue weighted by atomic mass is 32.1. The Hall–Kier alpha value is -0.950. The van der Waals surface area contributed by atoms with Gasteiger partial charge in [-0.15, -0.1) is 0 Å². The summed E-state index contributed by atoms with van der Waals surface area (Å²) < 4.78 is 40.8. The molecular formula is C11H13F3N2OS. The Balaban J connectivity index is 2.06. The number of aromatic amines is 1. The molecule has 1 N–H and O–H groups in total. The van der Waals surface area contributed by atoms with Gasteiger partial charge in [0.2, 0.25) is 0 Å². The quantitative estimate of drug-likeness (QED) is 0.863. The first-order chi connectivity index (χ1) is 8.46. The van der Waals surface area contributed by atoms with Gasteiger partial charge in [-0.05, 0) is 25.7 Å². The van der Waals surface area contributed by atoms with E-state index in [2.05, 4.69) is 14.7 Å². The minimum Gasteiger partial charge on any atom is -0.364 e. The largest absolute Gasteiger partial charge is 0.411 e. The highest BCUT2D eigenvalue weighted by Gasteiger charge is 2.27. The van der Waals surface area contributed by atoms with E-state index in [9.17, 15) is 13.2 Å². The number of rotatable bonds is 3. The van der Waals surface area contributed by atoms with Crippen LogP contribution in [0.2, 0.25) is 0 Å². The van der Waals surface area contributed by atoms with Crippen molar-refractivity contribution in [1.82, 2.24) is 9.97 Å². The molecule has 1 aromatic rings. The predicted molar refractivity (Wildman–Crippen MR) is 61.8 cm³/mol. The van der Waals surface area contributed by atoms with Crippen LogP contribution in [0.25, 0.3) is 0 Å². The fraction of sp³-hybridized carbons (Fsp3) is 0.636. The average molecular weight is 278 g/mol. The third-order valence-electron chi connectivity index (χ3n) is 2.76. The van der Waals surface area contributed by atoms with Gasteiger partial charge >= 0.3 is 6.18 Å². The zero-order valence-corrected chi connectivity index (χ0v) is 10.5. The molecule has 0 saturated carbocycles. The van der Waals surface area contributed by atoms with Crippen molar-refractivity contribution in [3.8, 4) is 0 Å². The maximum atomic E-state index is 11.9. The second-order valence-electron chi connectivity index (χ2n) is 4.26. The predicted octanol–water partition coefficient (Wildman–Crippen LogP) is 3.10. The van der Waals surface area contributed by atoms with E-state index in [-0.39, 0.29) is 6.61 Å². The van der Waals surface area contributed by atoms with E-state index in [1.807, 2.05) is 0 Å². The van der Waals surface area contributed by atoms with Crippen LogP contribution >= 0.6 is 12.2 Å². The van der Waals surface area contributed by atoms with Crippen molar-refractivity contribution in [2.24, 2.45) is 0 Å². The number of nitrogens with one attached hydrogen (secondary N) is 1. The second-order valence-corrected chi connectivity index (χ2v) is 4.65. The molecule has 7 heteroatoms. The van der Waals surface area contributed by atoms with Crippen LogP contribution in [0.3, 0.4) is 0 Å². The molecular weight excluding hydrogens is 265 g/mol. The molecule has 100 valence electrons. The second kappa shape index (κ2) is 5.36. The number of aromatic nitrogens is 2. The third kappa shape index (κ3) is 3.52. The molecule has 0 unspecified atom stereocenters. The van der Waals surface area contributed by atoms with Gasteiger partial charge in [-0.25, -0.2) is 4.98 Å². The van der Waals surface area contributed by atoms with E-state index in [1.165, 1.54) is 0 Å². The topological polar surface area (TPSA) is 37.9 Å². The maximum Gasteiger partial charge on any atom is 0.411 e. The van der Waals surface area contributed by atoms with E-state index in [0.29, 0.717) is 10.5 Å². The first kappa shape index (κ1) is 13.5. The minimum absolute atomic E-state index is 0.198. The summed E-state index contributed by atoms with van der Waals surface area (Å²) in [7, 11) is 0. The monoisotopic (exact) mass is 278 g/mol. The molecule has 0 atom stereocenters. The molecule has 0 spiro atoms. The Morgan fingerprint density at radius 1 is 1.28 bits per heavy atom. The lowest BCUT2D eigenvalue weighted by Gasteiger charge is -2.16. The Labute approximate surface area is 107 Å². The first-order valence-corrected chi connectivity index (χ1v) is 6.12. The van der Waals surface area contributed by atoms with Crippen LogP contribution in [-0.2, 0) is 24.2 Å². The third-order valence-corrected chi connectivity index (χ3v) is 3.10. The number of halogens is 3. The lowest BCUT2D eigenvalue weighted by molar-refractivity contribution is -0.177. The summed E-state index contributed by atoms with van der Waals surface area (Å²) in [6.45, 7) is -1.47. The van der Waals surface area contributed by atoms with Crippen molar-refractivity contribution in [2.75, 3.05) is 6.61 Å². The number of hydrogen-bond acceptors (Lipinski definition) is 3. The maximum absolute atomic E-state index is 11.9. The lowest BCUT2D eigenvalue weighted by Crippen LogP contribution is -2.18. The molecule has 0 bridgehead atoms. The van der Waals surface area contributed by atoms with Crippen LogP contribution in [0.1, 0.15) is 29.9 Å². The molecule has 0 aliphatic heterocycles. The minimum atomic E-state index is -4.31. The number of H-pyrrole nitrogens is 1. The Morgan fingerprint density at radius 3 is 2.72 bits per heavy atom. The van der Waals surface area contributed by atoms with E-state index >= 15 is 0 Å². The molecule has 0 radical (unpaired) electrons. The van der Waals surface area contributed by atoms with Crippen molar-refractivity contribution < 1.29 is 17.9 Å². The normalized spacial score (nSPS) is 15.5. The molecule has 1 heterocycles. The summed E-state index contributed by atoms with van der Waals surface area (Å²) in [6, 6.07) is 0. The number of alkyl halides is 3. The standard InChI is InChI=1S/C11H13F3N2OS/c12-11(13,14)6-17-5-9-15-8-4-2-1-3-7(8)10(18)16-9/h1-6H2,(H,15,16,18). The number of fused-ring (bicyclic) bond motifs is 1. The van der Waals surface area contributed by atoms with E-state index < -0.39 is 12.8 Å². The van der Waals surface area contributed by atoms with Gasteiger partial charge in [-0.3, -0.25) is 0 Å². The zero-order valence-electron chi connectivity index (χ0n) is 9.64. The number of ether oxygens (including phenoxy) is 1. The van der Waals surface area contributed by atoms with Gasteiger partial charge in [0.1, 0.15) is 23.7 Å². The molecule has 1 aliphatic carbocycles. The number of aryl methyl sites for hydroxylation is 1. The zero-order chi connectivity index (χ0) is 13.2. The van der Waals surface area contributed by atoms with Gasteiger partial charge in [0.05, 0.1) is 0 Å². The van der Waals surface area contributed by atoms with Crippen molar-refractivity contribution in [3.05, 3.63) is 21.7 Å². The first-order valence-electron chi connectivity index (χ1n) is 5.71. The molecule has 0 fully saturated rings.